The number of benzene rings is 3. The molecule has 0 unspecified atom stereocenters. The number of ether oxygens (including phenoxy) is 1. The summed E-state index contributed by atoms with van der Waals surface area (Å²) in [6.07, 6.45) is 0. The summed E-state index contributed by atoms with van der Waals surface area (Å²) >= 11 is 0. The summed E-state index contributed by atoms with van der Waals surface area (Å²) in [6, 6.07) is 18.7. The van der Waals surface area contributed by atoms with Gasteiger partial charge >= 0.3 is 0 Å². The molecule has 0 spiro atoms. The number of hydrogen-bond donors (Lipinski definition) is 0. The Kier molecular flexibility index (Phi) is 5.05. The Morgan fingerprint density at radius 3 is 2.24 bits per heavy atom. The third kappa shape index (κ3) is 3.50. The van der Waals surface area contributed by atoms with Gasteiger partial charge in [0, 0.05) is 6.54 Å². The average molecular weight is 440 g/mol. The van der Waals surface area contributed by atoms with Gasteiger partial charge in [-0.1, -0.05) is 42.0 Å². The number of aryl methyl sites for hydroxylation is 3. The summed E-state index contributed by atoms with van der Waals surface area (Å²) in [5, 5.41) is 0.500. The number of nitrogens with zero attached hydrogens (tertiary/aromatic N) is 1. The Morgan fingerprint density at radius 1 is 0.909 bits per heavy atom. The summed E-state index contributed by atoms with van der Waals surface area (Å²) in [4.78, 5) is 29.0. The molecule has 33 heavy (non-hydrogen) atoms. The lowest BCUT2D eigenvalue weighted by molar-refractivity contribution is 0.0714. The Balaban J connectivity index is 1.71. The Labute approximate surface area is 192 Å². The van der Waals surface area contributed by atoms with Crippen molar-refractivity contribution in [2.75, 3.05) is 7.11 Å². The van der Waals surface area contributed by atoms with E-state index in [1.165, 1.54) is 0 Å². The molecular weight excluding hydrogens is 414 g/mol. The molecule has 4 aromatic rings. The number of rotatable bonds is 4. The minimum Gasteiger partial charge on any atom is -0.497 e. The van der Waals surface area contributed by atoms with Crippen molar-refractivity contribution in [3.63, 3.8) is 0 Å². The third-order valence-electron chi connectivity index (χ3n) is 6.49. The SMILES string of the molecule is COc1ccc([C@@H]2c3c(oc4cc(C)c(C)cc4c3=O)C(=O)N2Cc2ccc(C)cc2)cc1. The molecule has 0 radical (unpaired) electrons. The van der Waals surface area contributed by atoms with Crippen LogP contribution in [0.5, 0.6) is 5.75 Å². The number of carbonyl (C=O) groups is 1. The second kappa shape index (κ2) is 7.93. The summed E-state index contributed by atoms with van der Waals surface area (Å²) in [5.74, 6) is 0.567. The molecule has 1 amide bonds. The predicted molar refractivity (Wildman–Crippen MR) is 128 cm³/mol. The van der Waals surface area contributed by atoms with Crippen LogP contribution >= 0.6 is 0 Å². The van der Waals surface area contributed by atoms with E-state index < -0.39 is 6.04 Å². The molecule has 0 saturated heterocycles. The van der Waals surface area contributed by atoms with Gasteiger partial charge < -0.3 is 14.1 Å². The van der Waals surface area contributed by atoms with Crippen LogP contribution in [0.15, 0.2) is 69.9 Å². The molecule has 3 aromatic carbocycles. The van der Waals surface area contributed by atoms with E-state index in [0.717, 1.165) is 27.8 Å². The largest absolute Gasteiger partial charge is 0.497 e. The van der Waals surface area contributed by atoms with E-state index in [-0.39, 0.29) is 17.1 Å². The number of methoxy groups -OCH3 is 1. The van der Waals surface area contributed by atoms with Crippen molar-refractivity contribution in [1.82, 2.24) is 4.90 Å². The number of fused-ring (bicyclic) bond motifs is 2. The first-order chi connectivity index (χ1) is 15.9. The summed E-state index contributed by atoms with van der Waals surface area (Å²) in [6.45, 7) is 6.33. The van der Waals surface area contributed by atoms with Gasteiger partial charge in [0.2, 0.25) is 5.76 Å². The highest BCUT2D eigenvalue weighted by atomic mass is 16.5. The maximum absolute atomic E-state index is 13.7. The van der Waals surface area contributed by atoms with Crippen molar-refractivity contribution in [3.8, 4) is 5.75 Å². The van der Waals surface area contributed by atoms with Crippen LogP contribution in [0.3, 0.4) is 0 Å². The molecule has 2 heterocycles. The van der Waals surface area contributed by atoms with Gasteiger partial charge in [-0.3, -0.25) is 9.59 Å². The Bertz CT molecular complexity index is 1430. The van der Waals surface area contributed by atoms with Gasteiger partial charge in [-0.25, -0.2) is 0 Å². The van der Waals surface area contributed by atoms with E-state index in [1.807, 2.05) is 81.4 Å². The molecule has 166 valence electrons. The first-order valence-electron chi connectivity index (χ1n) is 11.0. The molecule has 0 saturated carbocycles. The summed E-state index contributed by atoms with van der Waals surface area (Å²) < 4.78 is 11.4. The highest BCUT2D eigenvalue weighted by Crippen LogP contribution is 2.39. The molecule has 1 aliphatic heterocycles. The fourth-order valence-electron chi connectivity index (χ4n) is 4.46. The normalized spacial score (nSPS) is 15.2. The Morgan fingerprint density at radius 2 is 1.58 bits per heavy atom. The van der Waals surface area contributed by atoms with Crippen molar-refractivity contribution in [2.45, 2.75) is 33.4 Å². The molecule has 5 heteroatoms. The standard InChI is InChI=1S/C28H25NO4/c1-16-5-7-19(8-6-16)15-29-25(20-9-11-21(32-4)12-10-20)24-26(30)22-13-17(2)18(3)14-23(22)33-27(24)28(29)31/h5-14,25H,15H2,1-4H3/t25-/m1/s1. The zero-order valence-electron chi connectivity index (χ0n) is 19.1. The molecular formula is C28H25NO4. The van der Waals surface area contributed by atoms with Gasteiger partial charge in [0.1, 0.15) is 11.3 Å². The minimum atomic E-state index is -0.540. The Hall–Kier alpha value is -3.86. The van der Waals surface area contributed by atoms with E-state index in [2.05, 4.69) is 0 Å². The average Bonchev–Trinajstić information content (AvgIpc) is 3.08. The topological polar surface area (TPSA) is 59.8 Å². The monoisotopic (exact) mass is 439 g/mol. The molecule has 1 aromatic heterocycles. The van der Waals surface area contributed by atoms with Crippen LogP contribution < -0.4 is 10.2 Å². The zero-order chi connectivity index (χ0) is 23.3. The predicted octanol–water partition coefficient (Wildman–Crippen LogP) is 5.47. The first kappa shape index (κ1) is 21.0. The van der Waals surface area contributed by atoms with Crippen molar-refractivity contribution >= 4 is 16.9 Å². The van der Waals surface area contributed by atoms with Crippen molar-refractivity contribution in [2.24, 2.45) is 0 Å². The smallest absolute Gasteiger partial charge is 0.291 e. The lowest BCUT2D eigenvalue weighted by Gasteiger charge is -2.25. The first-order valence-corrected chi connectivity index (χ1v) is 11.0. The van der Waals surface area contributed by atoms with Crippen LogP contribution in [0, 0.1) is 20.8 Å². The van der Waals surface area contributed by atoms with Crippen LogP contribution in [-0.2, 0) is 6.54 Å². The van der Waals surface area contributed by atoms with Crippen molar-refractivity contribution in [3.05, 3.63) is 110 Å². The maximum Gasteiger partial charge on any atom is 0.291 e. The second-order valence-corrected chi connectivity index (χ2v) is 8.70. The van der Waals surface area contributed by atoms with Gasteiger partial charge in [0.25, 0.3) is 5.91 Å². The van der Waals surface area contributed by atoms with E-state index in [4.69, 9.17) is 9.15 Å². The van der Waals surface area contributed by atoms with E-state index >= 15 is 0 Å². The minimum absolute atomic E-state index is 0.128. The number of carbonyl (C=O) groups excluding carboxylic acids is 1. The molecule has 1 aliphatic rings. The summed E-state index contributed by atoms with van der Waals surface area (Å²) in [5.41, 5.74) is 5.68. The molecule has 0 bridgehead atoms. The fraction of sp³-hybridized carbons (Fsp3) is 0.214. The van der Waals surface area contributed by atoms with Gasteiger partial charge in [0.05, 0.1) is 24.1 Å². The van der Waals surface area contributed by atoms with Crippen molar-refractivity contribution < 1.29 is 13.9 Å². The summed E-state index contributed by atoms with van der Waals surface area (Å²) in [7, 11) is 1.61. The molecule has 1 atom stereocenters. The third-order valence-corrected chi connectivity index (χ3v) is 6.49. The molecule has 0 N–H and O–H groups in total. The maximum atomic E-state index is 13.7. The van der Waals surface area contributed by atoms with Gasteiger partial charge in [0.15, 0.2) is 5.43 Å². The van der Waals surface area contributed by atoms with Crippen LogP contribution in [-0.4, -0.2) is 17.9 Å². The lowest BCUT2D eigenvalue weighted by Crippen LogP contribution is -2.29. The quantitative estimate of drug-likeness (QED) is 0.423. The molecule has 5 rings (SSSR count). The van der Waals surface area contributed by atoms with Gasteiger partial charge in [-0.2, -0.15) is 0 Å². The molecule has 0 fully saturated rings. The van der Waals surface area contributed by atoms with E-state index in [0.29, 0.717) is 28.8 Å². The van der Waals surface area contributed by atoms with Crippen LogP contribution in [0.1, 0.15) is 50.0 Å². The van der Waals surface area contributed by atoms with E-state index in [1.54, 1.807) is 12.0 Å². The van der Waals surface area contributed by atoms with Crippen LogP contribution in [0.2, 0.25) is 0 Å². The van der Waals surface area contributed by atoms with Crippen molar-refractivity contribution in [1.29, 1.82) is 0 Å². The lowest BCUT2D eigenvalue weighted by atomic mass is 9.97. The van der Waals surface area contributed by atoms with Gasteiger partial charge in [-0.05, 0) is 67.3 Å². The molecule has 0 aliphatic carbocycles. The zero-order valence-corrected chi connectivity index (χ0v) is 19.1. The number of hydrogen-bond acceptors (Lipinski definition) is 4. The second-order valence-electron chi connectivity index (χ2n) is 8.70. The number of amides is 1. The van der Waals surface area contributed by atoms with Crippen LogP contribution in [0.4, 0.5) is 0 Å². The molecule has 5 nitrogen and oxygen atoms in total. The van der Waals surface area contributed by atoms with E-state index in [9.17, 15) is 9.59 Å². The van der Waals surface area contributed by atoms with Gasteiger partial charge in [-0.15, -0.1) is 0 Å². The fourth-order valence-corrected chi connectivity index (χ4v) is 4.46. The highest BCUT2D eigenvalue weighted by molar-refractivity contribution is 5.99. The highest BCUT2D eigenvalue weighted by Gasteiger charge is 2.42. The van der Waals surface area contributed by atoms with Crippen LogP contribution in [0.25, 0.3) is 11.0 Å².